The molecule has 3 aliphatic rings. The molecule has 0 spiro atoms. The fourth-order valence-electron chi connectivity index (χ4n) is 5.68. The average molecular weight is 277 g/mol. The van der Waals surface area contributed by atoms with Gasteiger partial charge in [0.15, 0.2) is 0 Å². The van der Waals surface area contributed by atoms with Crippen molar-refractivity contribution >= 4 is 0 Å². The molecule has 0 radical (unpaired) electrons. The summed E-state index contributed by atoms with van der Waals surface area (Å²) >= 11 is 0. The summed E-state index contributed by atoms with van der Waals surface area (Å²) in [7, 11) is 0. The van der Waals surface area contributed by atoms with Crippen LogP contribution >= 0.6 is 0 Å². The molecule has 0 saturated heterocycles. The van der Waals surface area contributed by atoms with E-state index >= 15 is 0 Å². The van der Waals surface area contributed by atoms with Crippen molar-refractivity contribution in [2.75, 3.05) is 6.54 Å². The summed E-state index contributed by atoms with van der Waals surface area (Å²) in [6.07, 6.45) is 14.8. The molecule has 3 aliphatic carbocycles. The van der Waals surface area contributed by atoms with Gasteiger partial charge >= 0.3 is 0 Å². The van der Waals surface area contributed by atoms with Crippen molar-refractivity contribution in [1.29, 1.82) is 0 Å². The highest BCUT2D eigenvalue weighted by Crippen LogP contribution is 2.59. The summed E-state index contributed by atoms with van der Waals surface area (Å²) < 4.78 is 0. The maximum atomic E-state index is 4.02. The van der Waals surface area contributed by atoms with E-state index < -0.39 is 0 Å². The van der Waals surface area contributed by atoms with Crippen molar-refractivity contribution in [2.45, 2.75) is 84.1 Å². The van der Waals surface area contributed by atoms with E-state index in [-0.39, 0.29) is 0 Å². The van der Waals surface area contributed by atoms with E-state index in [1.165, 1.54) is 57.9 Å². The van der Waals surface area contributed by atoms with E-state index in [9.17, 15) is 0 Å². The summed E-state index contributed by atoms with van der Waals surface area (Å²) in [4.78, 5) is 0. The quantitative estimate of drug-likeness (QED) is 0.720. The van der Waals surface area contributed by atoms with E-state index in [1.54, 1.807) is 12.8 Å². The highest BCUT2D eigenvalue weighted by Gasteiger charge is 2.55. The molecular weight excluding hydrogens is 242 g/mol. The minimum atomic E-state index is 0.869. The van der Waals surface area contributed by atoms with Gasteiger partial charge < -0.3 is 5.32 Å². The van der Waals surface area contributed by atoms with E-state index in [1.807, 2.05) is 0 Å². The lowest BCUT2D eigenvalue weighted by Gasteiger charge is -2.38. The topological polar surface area (TPSA) is 12.0 Å². The first kappa shape index (κ1) is 14.9. The fourth-order valence-corrected chi connectivity index (χ4v) is 5.68. The molecular formula is C19H35N. The van der Waals surface area contributed by atoms with Gasteiger partial charge in [0, 0.05) is 6.04 Å². The van der Waals surface area contributed by atoms with Gasteiger partial charge in [-0.3, -0.25) is 0 Å². The number of rotatable bonds is 6. The van der Waals surface area contributed by atoms with Gasteiger partial charge in [0.1, 0.15) is 0 Å². The highest BCUT2D eigenvalue weighted by molar-refractivity contribution is 5.07. The molecule has 0 aliphatic heterocycles. The maximum absolute atomic E-state index is 4.02. The van der Waals surface area contributed by atoms with Gasteiger partial charge in [-0.05, 0) is 61.8 Å². The smallest absolute Gasteiger partial charge is 0.0132 e. The van der Waals surface area contributed by atoms with Crippen LogP contribution in [0.2, 0.25) is 0 Å². The molecule has 1 heteroatoms. The number of hydrogen-bond donors (Lipinski definition) is 1. The van der Waals surface area contributed by atoms with Crippen molar-refractivity contribution in [2.24, 2.45) is 29.6 Å². The van der Waals surface area contributed by atoms with Gasteiger partial charge in [0.2, 0.25) is 0 Å². The summed E-state index contributed by atoms with van der Waals surface area (Å²) in [5.41, 5.74) is 0. The third-order valence-corrected chi connectivity index (χ3v) is 6.72. The van der Waals surface area contributed by atoms with Gasteiger partial charge in [-0.25, -0.2) is 0 Å². The molecule has 3 saturated carbocycles. The predicted molar refractivity (Wildman–Crippen MR) is 86.8 cm³/mol. The monoisotopic (exact) mass is 277 g/mol. The Bertz CT molecular complexity index is 288. The molecule has 5 unspecified atom stereocenters. The lowest BCUT2D eigenvalue weighted by Crippen LogP contribution is -2.43. The highest BCUT2D eigenvalue weighted by atomic mass is 15.0. The molecule has 1 N–H and O–H groups in total. The molecule has 0 aromatic heterocycles. The summed E-state index contributed by atoms with van der Waals surface area (Å²) in [6, 6.07) is 0.869. The second-order valence-electron chi connectivity index (χ2n) is 7.79. The third kappa shape index (κ3) is 2.93. The van der Waals surface area contributed by atoms with Gasteiger partial charge in [0.05, 0.1) is 0 Å². The molecule has 0 bridgehead atoms. The van der Waals surface area contributed by atoms with Crippen LogP contribution in [-0.4, -0.2) is 12.6 Å². The zero-order chi connectivity index (χ0) is 13.9. The van der Waals surface area contributed by atoms with Crippen LogP contribution < -0.4 is 5.32 Å². The first-order valence-electron chi connectivity index (χ1n) is 9.60. The second kappa shape index (κ2) is 6.81. The Kier molecular flexibility index (Phi) is 5.07. The predicted octanol–water partition coefficient (Wildman–Crippen LogP) is 5.01. The third-order valence-electron chi connectivity index (χ3n) is 6.72. The molecule has 3 rings (SSSR count). The van der Waals surface area contributed by atoms with Crippen LogP contribution in [0.3, 0.4) is 0 Å². The first-order valence-corrected chi connectivity index (χ1v) is 9.60. The second-order valence-corrected chi connectivity index (χ2v) is 7.79. The minimum absolute atomic E-state index is 0.869. The van der Waals surface area contributed by atoms with Crippen LogP contribution in [0.15, 0.2) is 0 Å². The van der Waals surface area contributed by atoms with Crippen LogP contribution in [-0.2, 0) is 0 Å². The molecule has 5 atom stereocenters. The normalized spacial score (nSPS) is 42.0. The molecule has 0 amide bonds. The Morgan fingerprint density at radius 3 is 2.20 bits per heavy atom. The summed E-state index contributed by atoms with van der Waals surface area (Å²) in [5.74, 6) is 5.29. The minimum Gasteiger partial charge on any atom is -0.313 e. The molecule has 0 aromatic carbocycles. The molecule has 1 nitrogen and oxygen atoms in total. The SMILES string of the molecule is CCCNC(C1CCCCC1CC)C1C2CCCCC21. The van der Waals surface area contributed by atoms with Crippen molar-refractivity contribution < 1.29 is 0 Å². The Morgan fingerprint density at radius 2 is 1.55 bits per heavy atom. The zero-order valence-corrected chi connectivity index (χ0v) is 13.7. The largest absolute Gasteiger partial charge is 0.313 e. The Hall–Kier alpha value is -0.0400. The van der Waals surface area contributed by atoms with E-state index in [0.29, 0.717) is 0 Å². The molecule has 20 heavy (non-hydrogen) atoms. The summed E-state index contributed by atoms with van der Waals surface area (Å²) in [6.45, 7) is 6.00. The number of hydrogen-bond acceptors (Lipinski definition) is 1. The Labute approximate surface area is 126 Å². The lowest BCUT2D eigenvalue weighted by atomic mass is 9.72. The zero-order valence-electron chi connectivity index (χ0n) is 13.7. The Morgan fingerprint density at radius 1 is 0.900 bits per heavy atom. The van der Waals surface area contributed by atoms with E-state index in [4.69, 9.17) is 0 Å². The fraction of sp³-hybridized carbons (Fsp3) is 1.00. The average Bonchev–Trinajstić information content (AvgIpc) is 3.23. The molecule has 0 heterocycles. The van der Waals surface area contributed by atoms with Crippen LogP contribution in [0, 0.1) is 29.6 Å². The molecule has 116 valence electrons. The number of nitrogens with one attached hydrogen (secondary N) is 1. The van der Waals surface area contributed by atoms with Crippen molar-refractivity contribution in [3.05, 3.63) is 0 Å². The Balaban J connectivity index is 1.68. The standard InChI is InChI=1S/C19H35N/c1-3-13-20-19(15-10-6-5-9-14(15)4-2)18-16-11-7-8-12-17(16)18/h14-20H,3-13H2,1-2H3. The first-order chi connectivity index (χ1) is 9.86. The van der Waals surface area contributed by atoms with Crippen LogP contribution in [0.5, 0.6) is 0 Å². The lowest BCUT2D eigenvalue weighted by molar-refractivity contribution is 0.156. The van der Waals surface area contributed by atoms with Crippen LogP contribution in [0.25, 0.3) is 0 Å². The molecule has 3 fully saturated rings. The van der Waals surface area contributed by atoms with Crippen LogP contribution in [0.4, 0.5) is 0 Å². The van der Waals surface area contributed by atoms with Gasteiger partial charge in [-0.15, -0.1) is 0 Å². The van der Waals surface area contributed by atoms with Gasteiger partial charge in [-0.2, -0.15) is 0 Å². The van der Waals surface area contributed by atoms with Gasteiger partial charge in [-0.1, -0.05) is 52.4 Å². The van der Waals surface area contributed by atoms with E-state index in [0.717, 1.165) is 35.6 Å². The van der Waals surface area contributed by atoms with Crippen LogP contribution in [0.1, 0.15) is 78.1 Å². The van der Waals surface area contributed by atoms with Crippen molar-refractivity contribution in [3.8, 4) is 0 Å². The van der Waals surface area contributed by atoms with Crippen molar-refractivity contribution in [3.63, 3.8) is 0 Å². The number of fused-ring (bicyclic) bond motifs is 1. The van der Waals surface area contributed by atoms with Crippen molar-refractivity contribution in [1.82, 2.24) is 5.32 Å². The summed E-state index contributed by atoms with van der Waals surface area (Å²) in [5, 5.41) is 4.02. The molecule has 0 aromatic rings. The van der Waals surface area contributed by atoms with E-state index in [2.05, 4.69) is 19.2 Å². The van der Waals surface area contributed by atoms with Gasteiger partial charge in [0.25, 0.3) is 0 Å². The maximum Gasteiger partial charge on any atom is 0.0132 e.